The van der Waals surface area contributed by atoms with E-state index < -0.39 is 6.04 Å². The van der Waals surface area contributed by atoms with Gasteiger partial charge in [-0.2, -0.15) is 10.4 Å². The van der Waals surface area contributed by atoms with Crippen molar-refractivity contribution in [2.45, 2.75) is 94.2 Å². The second kappa shape index (κ2) is 13.6. The number of nitrogens with zero attached hydrogens (tertiary/aromatic N) is 3. The van der Waals surface area contributed by atoms with Gasteiger partial charge in [0.2, 0.25) is 0 Å². The number of Topliss-reactive ketones (excluding diaryl/α,β-unsaturated/α-hetero) is 1. The van der Waals surface area contributed by atoms with Crippen molar-refractivity contribution < 1.29 is 9.59 Å². The number of carbonyl (C=O) groups is 2. The van der Waals surface area contributed by atoms with E-state index in [9.17, 15) is 9.59 Å². The number of aromatic nitrogens is 2. The Morgan fingerprint density at radius 3 is 2.29 bits per heavy atom. The molecule has 0 radical (unpaired) electrons. The van der Waals surface area contributed by atoms with Gasteiger partial charge in [-0.05, 0) is 44.2 Å². The summed E-state index contributed by atoms with van der Waals surface area (Å²) >= 11 is 0. The molecule has 1 atom stereocenters. The molecular weight excluding hydrogens is 388 g/mol. The molecule has 6 nitrogen and oxygen atoms in total. The van der Waals surface area contributed by atoms with Crippen LogP contribution >= 0.6 is 0 Å². The molecule has 31 heavy (non-hydrogen) atoms. The van der Waals surface area contributed by atoms with Gasteiger partial charge in [0.05, 0.1) is 17.6 Å². The molecule has 6 heteroatoms. The van der Waals surface area contributed by atoms with Gasteiger partial charge >= 0.3 is 0 Å². The van der Waals surface area contributed by atoms with E-state index >= 15 is 0 Å². The Labute approximate surface area is 188 Å². The van der Waals surface area contributed by atoms with Gasteiger partial charge in [0.1, 0.15) is 0 Å². The molecule has 2 rings (SSSR count). The first-order valence-corrected chi connectivity index (χ1v) is 11.3. The third kappa shape index (κ3) is 8.16. The Morgan fingerprint density at radius 1 is 1.16 bits per heavy atom. The van der Waals surface area contributed by atoms with Crippen LogP contribution in [-0.4, -0.2) is 27.5 Å². The number of carbonyl (C=O) groups excluding carboxylic acids is 2. The molecule has 1 aromatic carbocycles. The summed E-state index contributed by atoms with van der Waals surface area (Å²) in [5.41, 5.74) is 1.88. The molecule has 1 heterocycles. The number of ketones is 1. The lowest BCUT2D eigenvalue weighted by molar-refractivity contribution is -0.121. The number of hydrogen-bond donors (Lipinski definition) is 1. The fourth-order valence-electron chi connectivity index (χ4n) is 3.22. The Kier molecular flexibility index (Phi) is 12.4. The summed E-state index contributed by atoms with van der Waals surface area (Å²) in [6.07, 6.45) is 2.12. The van der Waals surface area contributed by atoms with Gasteiger partial charge in [0.25, 0.3) is 5.91 Å². The fourth-order valence-corrected chi connectivity index (χ4v) is 3.22. The first kappa shape index (κ1) is 28.3. The molecule has 172 valence electrons. The van der Waals surface area contributed by atoms with Crippen molar-refractivity contribution >= 4 is 22.6 Å². The third-order valence-corrected chi connectivity index (χ3v) is 4.58. The quantitative estimate of drug-likeness (QED) is 0.562. The minimum atomic E-state index is -0.578. The molecule has 0 fully saturated rings. The Hall–Kier alpha value is -2.68. The van der Waals surface area contributed by atoms with Gasteiger partial charge in [-0.3, -0.25) is 14.3 Å². The molecule has 1 amide bonds. The zero-order valence-corrected chi connectivity index (χ0v) is 20.8. The number of rotatable bonds is 7. The van der Waals surface area contributed by atoms with E-state index in [0.717, 1.165) is 29.3 Å². The van der Waals surface area contributed by atoms with E-state index in [1.807, 2.05) is 78.3 Å². The molecule has 0 bridgehead atoms. The van der Waals surface area contributed by atoms with Crippen molar-refractivity contribution in [3.63, 3.8) is 0 Å². The Balaban J connectivity index is 0.00000212. The molecule has 1 unspecified atom stereocenters. The molecular formula is C25H40N4O2. The lowest BCUT2D eigenvalue weighted by atomic mass is 9.84. The molecule has 2 aromatic rings. The van der Waals surface area contributed by atoms with E-state index in [-0.39, 0.29) is 17.1 Å². The van der Waals surface area contributed by atoms with E-state index in [2.05, 4.69) is 16.5 Å². The summed E-state index contributed by atoms with van der Waals surface area (Å²) in [5.74, 6) is -0.413. The standard InChI is InChI=1S/C21H28N4O2.2C2H6/c1-14-9-10-17-16(13-14)18(24-25(17)12-8-6-7-11-22)20(27)23-19(15(2)26)21(3,4)5;2*1-2/h9-10,13,19H,6-8,12H2,1-5H3,(H,23,27);2*1-2H3. The number of nitriles is 1. The van der Waals surface area contributed by atoms with Crippen molar-refractivity contribution in [2.24, 2.45) is 5.41 Å². The van der Waals surface area contributed by atoms with E-state index in [0.29, 0.717) is 18.7 Å². The third-order valence-electron chi connectivity index (χ3n) is 4.58. The number of fused-ring (bicyclic) bond motifs is 1. The molecule has 0 saturated carbocycles. The second-order valence-corrected chi connectivity index (χ2v) is 8.09. The van der Waals surface area contributed by atoms with Gasteiger partial charge < -0.3 is 5.32 Å². The Morgan fingerprint density at radius 2 is 1.77 bits per heavy atom. The molecule has 0 aliphatic heterocycles. The van der Waals surface area contributed by atoms with Crippen LogP contribution in [0.2, 0.25) is 0 Å². The van der Waals surface area contributed by atoms with Crippen LogP contribution in [-0.2, 0) is 11.3 Å². The smallest absolute Gasteiger partial charge is 0.273 e. The van der Waals surface area contributed by atoms with Gasteiger partial charge in [-0.25, -0.2) is 0 Å². The average molecular weight is 429 g/mol. The number of aryl methyl sites for hydroxylation is 2. The first-order chi connectivity index (χ1) is 14.6. The van der Waals surface area contributed by atoms with Gasteiger partial charge in [0, 0.05) is 18.4 Å². The summed E-state index contributed by atoms with van der Waals surface area (Å²) < 4.78 is 1.82. The topological polar surface area (TPSA) is 87.8 Å². The molecule has 0 saturated heterocycles. The monoisotopic (exact) mass is 428 g/mol. The normalized spacial score (nSPS) is 11.4. The van der Waals surface area contributed by atoms with Crippen molar-refractivity contribution in [1.29, 1.82) is 5.26 Å². The highest BCUT2D eigenvalue weighted by atomic mass is 16.2. The van der Waals surface area contributed by atoms with Crippen LogP contribution in [0.25, 0.3) is 10.9 Å². The molecule has 0 aliphatic carbocycles. The van der Waals surface area contributed by atoms with Crippen LogP contribution in [0, 0.1) is 23.7 Å². The highest BCUT2D eigenvalue weighted by Crippen LogP contribution is 2.24. The first-order valence-electron chi connectivity index (χ1n) is 11.3. The van der Waals surface area contributed by atoms with E-state index in [4.69, 9.17) is 5.26 Å². The molecule has 0 aliphatic rings. The van der Waals surface area contributed by atoms with Crippen molar-refractivity contribution in [3.8, 4) is 6.07 Å². The maximum Gasteiger partial charge on any atom is 0.273 e. The summed E-state index contributed by atoms with van der Waals surface area (Å²) in [4.78, 5) is 25.0. The van der Waals surface area contributed by atoms with Crippen LogP contribution in [0.4, 0.5) is 0 Å². The lowest BCUT2D eigenvalue weighted by Gasteiger charge is -2.29. The van der Waals surface area contributed by atoms with Crippen LogP contribution in [0.15, 0.2) is 18.2 Å². The lowest BCUT2D eigenvalue weighted by Crippen LogP contribution is -2.48. The zero-order chi connectivity index (χ0) is 24.2. The van der Waals surface area contributed by atoms with Gasteiger partial charge in [0.15, 0.2) is 11.5 Å². The fraction of sp³-hybridized carbons (Fsp3) is 0.600. The number of hydrogen-bond acceptors (Lipinski definition) is 4. The summed E-state index contributed by atoms with van der Waals surface area (Å²) in [6, 6.07) is 7.47. The van der Waals surface area contributed by atoms with E-state index in [1.165, 1.54) is 6.92 Å². The number of unbranched alkanes of at least 4 members (excludes halogenated alkanes) is 2. The second-order valence-electron chi connectivity index (χ2n) is 8.09. The van der Waals surface area contributed by atoms with Crippen LogP contribution in [0.3, 0.4) is 0 Å². The maximum atomic E-state index is 12.9. The minimum Gasteiger partial charge on any atom is -0.340 e. The summed E-state index contributed by atoms with van der Waals surface area (Å²) in [5, 5.41) is 16.9. The highest BCUT2D eigenvalue weighted by Gasteiger charge is 2.31. The van der Waals surface area contributed by atoms with Crippen molar-refractivity contribution in [1.82, 2.24) is 15.1 Å². The molecule has 1 N–H and O–H groups in total. The zero-order valence-electron chi connectivity index (χ0n) is 20.8. The SMILES string of the molecule is CC.CC.CC(=O)C(NC(=O)c1nn(CCCCC#N)c2ccc(C)cc12)C(C)(C)C. The molecule has 0 spiro atoms. The average Bonchev–Trinajstić information content (AvgIpc) is 3.09. The number of nitrogens with one attached hydrogen (secondary N) is 1. The summed E-state index contributed by atoms with van der Waals surface area (Å²) in [7, 11) is 0. The number of benzene rings is 1. The summed E-state index contributed by atoms with van der Waals surface area (Å²) in [6.45, 7) is 17.9. The highest BCUT2D eigenvalue weighted by molar-refractivity contribution is 6.06. The van der Waals surface area contributed by atoms with Gasteiger partial charge in [-0.1, -0.05) is 60.1 Å². The Bertz CT molecular complexity index is 885. The predicted molar refractivity (Wildman–Crippen MR) is 128 cm³/mol. The minimum absolute atomic E-state index is 0.0766. The predicted octanol–water partition coefficient (Wildman–Crippen LogP) is 5.82. The van der Waals surface area contributed by atoms with Crippen molar-refractivity contribution in [2.75, 3.05) is 0 Å². The number of amides is 1. The molecule has 1 aromatic heterocycles. The van der Waals surface area contributed by atoms with E-state index in [1.54, 1.807) is 0 Å². The van der Waals surface area contributed by atoms with Crippen LogP contribution in [0.1, 0.15) is 90.7 Å². The van der Waals surface area contributed by atoms with Crippen LogP contribution < -0.4 is 5.32 Å². The van der Waals surface area contributed by atoms with Crippen LogP contribution in [0.5, 0.6) is 0 Å². The van der Waals surface area contributed by atoms with Gasteiger partial charge in [-0.15, -0.1) is 0 Å². The van der Waals surface area contributed by atoms with Crippen molar-refractivity contribution in [3.05, 3.63) is 29.5 Å². The maximum absolute atomic E-state index is 12.9. The largest absolute Gasteiger partial charge is 0.340 e.